The van der Waals surface area contributed by atoms with Crippen LogP contribution in [0.4, 0.5) is 5.00 Å². The minimum Gasteiger partial charge on any atom is -0.491 e. The van der Waals surface area contributed by atoms with E-state index in [4.69, 9.17) is 14.5 Å². The number of aromatic nitrogens is 1. The van der Waals surface area contributed by atoms with Crippen LogP contribution in [-0.4, -0.2) is 29.6 Å². The molecule has 0 bridgehead atoms. The number of para-hydroxylation sites is 1. The molecular weight excluding hydrogens is 496 g/mol. The van der Waals surface area contributed by atoms with Crippen molar-refractivity contribution < 1.29 is 19.1 Å². The van der Waals surface area contributed by atoms with Crippen molar-refractivity contribution in [1.29, 1.82) is 0 Å². The van der Waals surface area contributed by atoms with E-state index < -0.39 is 0 Å². The molecule has 0 fully saturated rings. The van der Waals surface area contributed by atoms with E-state index in [0.29, 0.717) is 27.7 Å². The zero-order chi connectivity index (χ0) is 26.8. The van der Waals surface area contributed by atoms with Crippen molar-refractivity contribution in [3.8, 4) is 17.0 Å². The number of rotatable bonds is 7. The third-order valence-corrected chi connectivity index (χ3v) is 7.87. The number of amides is 1. The van der Waals surface area contributed by atoms with Crippen LogP contribution in [0.1, 0.15) is 65.3 Å². The SMILES string of the molecule is CCOC(=O)c1c(NC(=O)c2cc(-c3ccc(OC(C)C)cc3)nc3ccccc23)sc2c1CC[C@H](C)C2. The van der Waals surface area contributed by atoms with Crippen molar-refractivity contribution in [2.45, 2.75) is 53.1 Å². The van der Waals surface area contributed by atoms with E-state index in [-0.39, 0.29) is 24.6 Å². The lowest BCUT2D eigenvalue weighted by Gasteiger charge is -2.18. The molecule has 0 spiro atoms. The van der Waals surface area contributed by atoms with Crippen LogP contribution < -0.4 is 10.1 Å². The predicted molar refractivity (Wildman–Crippen MR) is 152 cm³/mol. The Kier molecular flexibility index (Phi) is 7.47. The summed E-state index contributed by atoms with van der Waals surface area (Å²) >= 11 is 1.49. The Morgan fingerprint density at radius 1 is 1.13 bits per heavy atom. The van der Waals surface area contributed by atoms with Crippen molar-refractivity contribution in [3.05, 3.63) is 76.2 Å². The maximum atomic E-state index is 13.8. The standard InChI is InChI=1S/C31H32N2O4S/c1-5-36-31(35)28-23-15-10-19(4)16-27(23)38-30(28)33-29(34)24-17-26(32-25-9-7-6-8-22(24)25)20-11-13-21(14-12-20)37-18(2)3/h6-9,11-14,17-19H,5,10,15-16H2,1-4H3,(H,33,34)/t19-/m0/s1. The van der Waals surface area contributed by atoms with E-state index in [1.54, 1.807) is 6.92 Å². The van der Waals surface area contributed by atoms with Gasteiger partial charge in [-0.15, -0.1) is 11.3 Å². The molecule has 7 heteroatoms. The Balaban J connectivity index is 1.53. The second kappa shape index (κ2) is 11.0. The maximum absolute atomic E-state index is 13.8. The molecule has 0 radical (unpaired) electrons. The van der Waals surface area contributed by atoms with Gasteiger partial charge in [-0.2, -0.15) is 0 Å². The second-order valence-corrected chi connectivity index (χ2v) is 11.1. The van der Waals surface area contributed by atoms with Gasteiger partial charge in [0, 0.05) is 15.8 Å². The van der Waals surface area contributed by atoms with Crippen LogP contribution in [0.25, 0.3) is 22.2 Å². The maximum Gasteiger partial charge on any atom is 0.341 e. The van der Waals surface area contributed by atoms with Crippen LogP contribution >= 0.6 is 11.3 Å². The summed E-state index contributed by atoms with van der Waals surface area (Å²) in [6, 6.07) is 17.1. The van der Waals surface area contributed by atoms with Crippen LogP contribution in [0.5, 0.6) is 5.75 Å². The number of thiophene rings is 1. The summed E-state index contributed by atoms with van der Waals surface area (Å²) in [4.78, 5) is 32.7. The number of nitrogens with one attached hydrogen (secondary N) is 1. The molecule has 196 valence electrons. The number of ether oxygens (including phenoxy) is 2. The molecule has 5 rings (SSSR count). The number of carbonyl (C=O) groups is 2. The first kappa shape index (κ1) is 25.9. The van der Waals surface area contributed by atoms with Gasteiger partial charge < -0.3 is 14.8 Å². The fourth-order valence-corrected chi connectivity index (χ4v) is 6.31. The third-order valence-electron chi connectivity index (χ3n) is 6.70. The van der Waals surface area contributed by atoms with Gasteiger partial charge in [0.25, 0.3) is 5.91 Å². The first-order valence-electron chi connectivity index (χ1n) is 13.1. The van der Waals surface area contributed by atoms with Crippen LogP contribution in [-0.2, 0) is 17.6 Å². The van der Waals surface area contributed by atoms with E-state index in [1.165, 1.54) is 11.3 Å². The first-order valence-corrected chi connectivity index (χ1v) is 14.0. The van der Waals surface area contributed by atoms with Crippen molar-refractivity contribution in [2.75, 3.05) is 11.9 Å². The molecule has 0 saturated carbocycles. The molecule has 0 aliphatic heterocycles. The number of hydrogen-bond donors (Lipinski definition) is 1. The predicted octanol–water partition coefficient (Wildman–Crippen LogP) is 7.30. The number of hydrogen-bond acceptors (Lipinski definition) is 6. The molecule has 4 aromatic rings. The van der Waals surface area contributed by atoms with Crippen molar-refractivity contribution >= 4 is 39.1 Å². The quantitative estimate of drug-likeness (QED) is 0.255. The fraction of sp³-hybridized carbons (Fsp3) is 0.323. The zero-order valence-electron chi connectivity index (χ0n) is 22.2. The summed E-state index contributed by atoms with van der Waals surface area (Å²) in [6.07, 6.45) is 2.82. The lowest BCUT2D eigenvalue weighted by molar-refractivity contribution is 0.0526. The molecule has 0 saturated heterocycles. The summed E-state index contributed by atoms with van der Waals surface area (Å²) in [5, 5.41) is 4.38. The van der Waals surface area contributed by atoms with Gasteiger partial charge in [-0.1, -0.05) is 25.1 Å². The number of pyridine rings is 1. The van der Waals surface area contributed by atoms with Crippen LogP contribution in [0.3, 0.4) is 0 Å². The summed E-state index contributed by atoms with van der Waals surface area (Å²) < 4.78 is 11.2. The fourth-order valence-electron chi connectivity index (χ4n) is 4.92. The molecular formula is C31H32N2O4S. The van der Waals surface area contributed by atoms with E-state index in [2.05, 4.69) is 12.2 Å². The highest BCUT2D eigenvalue weighted by Gasteiger charge is 2.29. The molecule has 1 atom stereocenters. The molecule has 1 aliphatic rings. The number of benzene rings is 2. The smallest absolute Gasteiger partial charge is 0.341 e. The Bertz CT molecular complexity index is 1490. The highest BCUT2D eigenvalue weighted by atomic mass is 32.1. The van der Waals surface area contributed by atoms with Gasteiger partial charge in [-0.3, -0.25) is 4.79 Å². The van der Waals surface area contributed by atoms with Gasteiger partial charge in [0.1, 0.15) is 10.8 Å². The van der Waals surface area contributed by atoms with Crippen molar-refractivity contribution in [1.82, 2.24) is 4.98 Å². The van der Waals surface area contributed by atoms with Crippen molar-refractivity contribution in [2.24, 2.45) is 5.92 Å². The normalized spacial score (nSPS) is 14.8. The minimum absolute atomic E-state index is 0.0839. The molecule has 2 aromatic heterocycles. The van der Waals surface area contributed by atoms with Gasteiger partial charge in [0.2, 0.25) is 0 Å². The number of anilines is 1. The highest BCUT2D eigenvalue weighted by molar-refractivity contribution is 7.17. The van der Waals surface area contributed by atoms with Crippen LogP contribution in [0, 0.1) is 5.92 Å². The summed E-state index contributed by atoms with van der Waals surface area (Å²) in [7, 11) is 0. The average molecular weight is 529 g/mol. The van der Waals surface area contributed by atoms with Gasteiger partial charge in [-0.05, 0) is 87.9 Å². The number of esters is 1. The Labute approximate surface area is 227 Å². The molecule has 2 aromatic carbocycles. The van der Waals surface area contributed by atoms with E-state index >= 15 is 0 Å². The van der Waals surface area contributed by atoms with Gasteiger partial charge in [0.05, 0.1) is 35.0 Å². The monoisotopic (exact) mass is 528 g/mol. The van der Waals surface area contributed by atoms with Gasteiger partial charge >= 0.3 is 5.97 Å². The molecule has 2 heterocycles. The largest absolute Gasteiger partial charge is 0.491 e. The molecule has 0 unspecified atom stereocenters. The second-order valence-electron chi connectivity index (χ2n) is 9.99. The lowest BCUT2D eigenvalue weighted by atomic mass is 9.88. The Morgan fingerprint density at radius 3 is 2.63 bits per heavy atom. The first-order chi connectivity index (χ1) is 18.3. The average Bonchev–Trinajstić information content (AvgIpc) is 3.25. The highest BCUT2D eigenvalue weighted by Crippen LogP contribution is 2.40. The molecule has 1 N–H and O–H groups in total. The Hall–Kier alpha value is -3.71. The summed E-state index contributed by atoms with van der Waals surface area (Å²) in [6.45, 7) is 8.27. The topological polar surface area (TPSA) is 77.5 Å². The molecule has 1 amide bonds. The number of fused-ring (bicyclic) bond motifs is 2. The lowest BCUT2D eigenvalue weighted by Crippen LogP contribution is -2.17. The Morgan fingerprint density at radius 2 is 1.89 bits per heavy atom. The molecule has 6 nitrogen and oxygen atoms in total. The zero-order valence-corrected chi connectivity index (χ0v) is 23.0. The summed E-state index contributed by atoms with van der Waals surface area (Å²) in [5.41, 5.74) is 4.33. The van der Waals surface area contributed by atoms with Crippen LogP contribution in [0.2, 0.25) is 0 Å². The minimum atomic E-state index is -0.376. The number of carbonyl (C=O) groups excluding carboxylic acids is 2. The molecule has 1 aliphatic carbocycles. The third kappa shape index (κ3) is 5.29. The van der Waals surface area contributed by atoms with Crippen molar-refractivity contribution in [3.63, 3.8) is 0 Å². The van der Waals surface area contributed by atoms with E-state index in [1.807, 2.05) is 68.4 Å². The van der Waals surface area contributed by atoms with E-state index in [9.17, 15) is 9.59 Å². The van der Waals surface area contributed by atoms with E-state index in [0.717, 1.165) is 51.9 Å². The molecule has 38 heavy (non-hydrogen) atoms. The number of nitrogens with zero attached hydrogens (tertiary/aromatic N) is 1. The summed E-state index contributed by atoms with van der Waals surface area (Å²) in [5.74, 6) is 0.675. The van der Waals surface area contributed by atoms with Gasteiger partial charge in [0.15, 0.2) is 0 Å². The van der Waals surface area contributed by atoms with Gasteiger partial charge in [-0.25, -0.2) is 9.78 Å². The van der Waals surface area contributed by atoms with Crippen LogP contribution in [0.15, 0.2) is 54.6 Å².